The van der Waals surface area contributed by atoms with Crippen molar-refractivity contribution in [3.63, 3.8) is 0 Å². The minimum atomic E-state index is -0.591. The van der Waals surface area contributed by atoms with E-state index in [-0.39, 0.29) is 16.7 Å². The van der Waals surface area contributed by atoms with Crippen molar-refractivity contribution in [1.82, 2.24) is 0 Å². The van der Waals surface area contributed by atoms with Crippen molar-refractivity contribution < 1.29 is 9.90 Å². The lowest BCUT2D eigenvalue weighted by atomic mass is 9.45. The molecule has 3 rings (SSSR count). The third kappa shape index (κ3) is 2.10. The molecule has 122 valence electrons. The van der Waals surface area contributed by atoms with Crippen molar-refractivity contribution in [3.8, 4) is 0 Å². The van der Waals surface area contributed by atoms with Crippen LogP contribution in [0.15, 0.2) is 24.3 Å². The van der Waals surface area contributed by atoms with Crippen LogP contribution in [-0.4, -0.2) is 11.1 Å². The van der Waals surface area contributed by atoms with Crippen LogP contribution >= 0.6 is 0 Å². The second kappa shape index (κ2) is 4.97. The first-order valence-electron chi connectivity index (χ1n) is 8.81. The van der Waals surface area contributed by atoms with Crippen LogP contribution in [0.4, 0.5) is 0 Å². The van der Waals surface area contributed by atoms with Crippen LogP contribution in [0, 0.1) is 28.1 Å². The van der Waals surface area contributed by atoms with Crippen LogP contribution in [-0.2, 0) is 4.79 Å². The van der Waals surface area contributed by atoms with Crippen LogP contribution in [0.3, 0.4) is 0 Å². The van der Waals surface area contributed by atoms with Crippen molar-refractivity contribution in [2.24, 2.45) is 28.1 Å². The summed E-state index contributed by atoms with van der Waals surface area (Å²) in [6.45, 7) is 10.7. The third-order valence-electron chi connectivity index (χ3n) is 7.43. The molecule has 22 heavy (non-hydrogen) atoms. The summed E-state index contributed by atoms with van der Waals surface area (Å²) in [4.78, 5) is 11.9. The Morgan fingerprint density at radius 3 is 2.68 bits per heavy atom. The minimum absolute atomic E-state index is 0.165. The molecule has 0 bridgehead atoms. The predicted molar refractivity (Wildman–Crippen MR) is 89.5 cm³/mol. The Morgan fingerprint density at radius 1 is 1.32 bits per heavy atom. The molecule has 2 saturated carbocycles. The summed E-state index contributed by atoms with van der Waals surface area (Å²) in [5, 5.41) is 9.83. The molecule has 1 N–H and O–H groups in total. The molecule has 2 fully saturated rings. The summed E-state index contributed by atoms with van der Waals surface area (Å²) in [6, 6.07) is 0. The van der Waals surface area contributed by atoms with Gasteiger partial charge in [0.1, 0.15) is 0 Å². The molecule has 2 heteroatoms. The van der Waals surface area contributed by atoms with Crippen LogP contribution in [0.2, 0.25) is 0 Å². The second-order valence-electron chi connectivity index (χ2n) is 8.78. The first-order chi connectivity index (χ1) is 10.3. The summed E-state index contributed by atoms with van der Waals surface area (Å²) in [5.74, 6) is 0.276. The quantitative estimate of drug-likeness (QED) is 0.711. The largest absolute Gasteiger partial charge is 0.481 e. The van der Waals surface area contributed by atoms with Gasteiger partial charge in [0.25, 0.3) is 0 Å². The SMILES string of the molecule is C=C[C@@]1(C)CCC2C(=CC[C@H]3[C@@](C)(C(=O)O)CCC[C@]23C)C1. The molecule has 3 aliphatic carbocycles. The van der Waals surface area contributed by atoms with Crippen molar-refractivity contribution in [2.75, 3.05) is 0 Å². The lowest BCUT2D eigenvalue weighted by molar-refractivity contribution is -0.163. The van der Waals surface area contributed by atoms with E-state index in [0.717, 1.165) is 25.7 Å². The minimum Gasteiger partial charge on any atom is -0.481 e. The van der Waals surface area contributed by atoms with Crippen LogP contribution < -0.4 is 0 Å². The normalized spacial score (nSPS) is 47.9. The average molecular weight is 302 g/mol. The van der Waals surface area contributed by atoms with Crippen molar-refractivity contribution in [2.45, 2.75) is 65.7 Å². The number of hydrogen-bond donors (Lipinski definition) is 1. The van der Waals surface area contributed by atoms with E-state index in [9.17, 15) is 9.90 Å². The molecule has 1 unspecified atom stereocenters. The van der Waals surface area contributed by atoms with E-state index in [1.165, 1.54) is 19.3 Å². The molecule has 0 amide bonds. The van der Waals surface area contributed by atoms with Crippen molar-refractivity contribution >= 4 is 5.97 Å². The monoisotopic (exact) mass is 302 g/mol. The van der Waals surface area contributed by atoms with E-state index in [0.29, 0.717) is 5.92 Å². The Hall–Kier alpha value is -1.05. The lowest BCUT2D eigenvalue weighted by Gasteiger charge is -2.58. The van der Waals surface area contributed by atoms with Crippen LogP contribution in [0.1, 0.15) is 65.7 Å². The zero-order valence-electron chi connectivity index (χ0n) is 14.3. The first kappa shape index (κ1) is 15.8. The Labute approximate surface area is 134 Å². The van der Waals surface area contributed by atoms with Crippen molar-refractivity contribution in [3.05, 3.63) is 24.3 Å². The first-order valence-corrected chi connectivity index (χ1v) is 8.81. The number of allylic oxidation sites excluding steroid dienone is 3. The van der Waals surface area contributed by atoms with E-state index < -0.39 is 11.4 Å². The zero-order chi connectivity index (χ0) is 16.2. The van der Waals surface area contributed by atoms with Gasteiger partial charge in [-0.2, -0.15) is 0 Å². The highest BCUT2D eigenvalue weighted by Gasteiger charge is 2.58. The van der Waals surface area contributed by atoms with Gasteiger partial charge in [0.05, 0.1) is 5.41 Å². The molecule has 0 spiro atoms. The number of hydrogen-bond acceptors (Lipinski definition) is 1. The van der Waals surface area contributed by atoms with E-state index in [2.05, 4.69) is 32.6 Å². The van der Waals surface area contributed by atoms with Gasteiger partial charge >= 0.3 is 5.97 Å². The van der Waals surface area contributed by atoms with E-state index in [4.69, 9.17) is 0 Å². The van der Waals surface area contributed by atoms with Gasteiger partial charge in [-0.1, -0.05) is 38.0 Å². The predicted octanol–water partition coefficient (Wildman–Crippen LogP) is 5.21. The van der Waals surface area contributed by atoms with Gasteiger partial charge in [-0.15, -0.1) is 6.58 Å². The average Bonchev–Trinajstić information content (AvgIpc) is 2.46. The molecular weight excluding hydrogens is 272 g/mol. The Bertz CT molecular complexity index is 534. The summed E-state index contributed by atoms with van der Waals surface area (Å²) in [6.07, 6.45) is 12.0. The molecule has 0 aromatic rings. The summed E-state index contributed by atoms with van der Waals surface area (Å²) >= 11 is 0. The van der Waals surface area contributed by atoms with Gasteiger partial charge in [-0.3, -0.25) is 4.79 Å². The van der Waals surface area contributed by atoms with Gasteiger partial charge in [0, 0.05) is 0 Å². The van der Waals surface area contributed by atoms with Gasteiger partial charge in [-0.25, -0.2) is 0 Å². The fraction of sp³-hybridized carbons (Fsp3) is 0.750. The molecule has 0 aliphatic heterocycles. The van der Waals surface area contributed by atoms with E-state index in [1.807, 2.05) is 6.92 Å². The summed E-state index contributed by atoms with van der Waals surface area (Å²) in [5.41, 5.74) is 1.43. The maximum absolute atomic E-state index is 11.9. The molecule has 3 aliphatic rings. The maximum atomic E-state index is 11.9. The smallest absolute Gasteiger partial charge is 0.309 e. The number of carbonyl (C=O) groups is 1. The number of aliphatic carboxylic acids is 1. The van der Waals surface area contributed by atoms with Crippen molar-refractivity contribution in [1.29, 1.82) is 0 Å². The maximum Gasteiger partial charge on any atom is 0.309 e. The zero-order valence-corrected chi connectivity index (χ0v) is 14.3. The number of carboxylic acid groups (broad SMARTS) is 1. The summed E-state index contributed by atoms with van der Waals surface area (Å²) in [7, 11) is 0. The molecule has 2 nitrogen and oxygen atoms in total. The number of carboxylic acids is 1. The van der Waals surface area contributed by atoms with Gasteiger partial charge in [0.15, 0.2) is 0 Å². The lowest BCUT2D eigenvalue weighted by Crippen LogP contribution is -2.53. The molecule has 0 aromatic carbocycles. The standard InChI is InChI=1S/C20H30O2/c1-5-18(2)12-9-15-14(13-18)7-8-16-19(15,3)10-6-11-20(16,4)17(21)22/h5,7,15-16H,1,6,8-13H2,2-4H3,(H,21,22)/t15?,16-,18+,19-,20+/m1/s1. The van der Waals surface area contributed by atoms with Crippen LogP contribution in [0.5, 0.6) is 0 Å². The third-order valence-corrected chi connectivity index (χ3v) is 7.43. The Balaban J connectivity index is 1.98. The molecule has 0 aromatic heterocycles. The molecule has 0 saturated heterocycles. The Kier molecular flexibility index (Phi) is 3.58. The van der Waals surface area contributed by atoms with E-state index in [1.54, 1.807) is 5.57 Å². The summed E-state index contributed by atoms with van der Waals surface area (Å²) < 4.78 is 0. The number of fused-ring (bicyclic) bond motifs is 3. The number of rotatable bonds is 2. The highest BCUT2D eigenvalue weighted by atomic mass is 16.4. The molecular formula is C20H30O2. The highest BCUT2D eigenvalue weighted by molar-refractivity contribution is 5.75. The van der Waals surface area contributed by atoms with Gasteiger partial charge in [-0.05, 0) is 68.1 Å². The molecule has 0 heterocycles. The second-order valence-corrected chi connectivity index (χ2v) is 8.78. The fourth-order valence-corrected chi connectivity index (χ4v) is 5.86. The van der Waals surface area contributed by atoms with Gasteiger partial charge < -0.3 is 5.11 Å². The molecule has 0 radical (unpaired) electrons. The topological polar surface area (TPSA) is 37.3 Å². The van der Waals surface area contributed by atoms with E-state index >= 15 is 0 Å². The van der Waals surface area contributed by atoms with Crippen LogP contribution in [0.25, 0.3) is 0 Å². The highest BCUT2D eigenvalue weighted by Crippen LogP contribution is 2.63. The fourth-order valence-electron chi connectivity index (χ4n) is 5.86. The van der Waals surface area contributed by atoms with Gasteiger partial charge in [0.2, 0.25) is 0 Å². The Morgan fingerprint density at radius 2 is 2.05 bits per heavy atom. The molecule has 5 atom stereocenters.